The number of hydrogen-bond donors (Lipinski definition) is 3. The summed E-state index contributed by atoms with van der Waals surface area (Å²) in [5.74, 6) is -1.23. The number of halogens is 3. The van der Waals surface area contributed by atoms with E-state index < -0.39 is 60.3 Å². The predicted molar refractivity (Wildman–Crippen MR) is 159 cm³/mol. The number of aliphatic hydroxyl groups excluding tert-OH is 1. The van der Waals surface area contributed by atoms with Crippen molar-refractivity contribution in [2.45, 2.75) is 114 Å². The van der Waals surface area contributed by atoms with Crippen LogP contribution in [0.1, 0.15) is 52.9 Å². The minimum absolute atomic E-state index is 0.167. The van der Waals surface area contributed by atoms with E-state index in [1.54, 1.807) is 34.3 Å². The van der Waals surface area contributed by atoms with Crippen molar-refractivity contribution in [2.75, 3.05) is 34.5 Å². The molecule has 0 aromatic carbocycles. The van der Waals surface area contributed by atoms with Gasteiger partial charge in [0, 0.05) is 45.3 Å². The van der Waals surface area contributed by atoms with Gasteiger partial charge < -0.3 is 38.3 Å². The average Bonchev–Trinajstić information content (AvgIpc) is 3.77. The molecule has 0 radical (unpaired) electrons. The summed E-state index contributed by atoms with van der Waals surface area (Å²) in [6.45, 7) is 6.02. The fourth-order valence-corrected chi connectivity index (χ4v) is 6.96. The first-order valence-electron chi connectivity index (χ1n) is 15.8. The SMILES string of the molecule is CCCC1=CC2C(C(F)(F)F)=CC3OC3OC2C(CCC)C1OCCNC(O)NC(C)(C=O)C1=C[C@H](OC)C(OC)C(OC)C1. The van der Waals surface area contributed by atoms with E-state index in [0.29, 0.717) is 24.8 Å². The topological polar surface area (TPSA) is 120 Å². The first-order chi connectivity index (χ1) is 21.4. The third kappa shape index (κ3) is 8.25. The van der Waals surface area contributed by atoms with E-state index in [1.165, 1.54) is 6.08 Å². The molecule has 4 aliphatic rings. The average molecular weight is 647 g/mol. The number of aldehydes is 1. The molecule has 1 fully saturated rings. The lowest BCUT2D eigenvalue weighted by Gasteiger charge is -2.43. The Bertz CT molecular complexity index is 1100. The number of epoxide rings is 1. The lowest BCUT2D eigenvalue weighted by molar-refractivity contribution is -0.130. The highest BCUT2D eigenvalue weighted by atomic mass is 19.4. The zero-order valence-electron chi connectivity index (χ0n) is 27.0. The Hall–Kier alpha value is -1.68. The van der Waals surface area contributed by atoms with Crippen molar-refractivity contribution in [3.05, 3.63) is 34.9 Å². The Balaban J connectivity index is 1.42. The normalized spacial score (nSPS) is 35.2. The van der Waals surface area contributed by atoms with Crippen molar-refractivity contribution in [2.24, 2.45) is 11.8 Å². The monoisotopic (exact) mass is 646 g/mol. The van der Waals surface area contributed by atoms with Crippen molar-refractivity contribution in [3.63, 3.8) is 0 Å². The van der Waals surface area contributed by atoms with Crippen LogP contribution in [0.25, 0.3) is 0 Å². The summed E-state index contributed by atoms with van der Waals surface area (Å²) >= 11 is 0. The number of carbonyl (C=O) groups excluding carboxylic acids is 1. The van der Waals surface area contributed by atoms with Crippen LogP contribution in [0.5, 0.6) is 0 Å². The zero-order valence-corrected chi connectivity index (χ0v) is 27.0. The Labute approximate surface area is 263 Å². The van der Waals surface area contributed by atoms with Crippen LogP contribution in [0.4, 0.5) is 13.2 Å². The summed E-state index contributed by atoms with van der Waals surface area (Å²) in [4.78, 5) is 12.3. The molecule has 11 atom stereocenters. The van der Waals surface area contributed by atoms with E-state index in [0.717, 1.165) is 24.7 Å². The molecule has 0 aromatic rings. The van der Waals surface area contributed by atoms with Gasteiger partial charge in [-0.3, -0.25) is 10.6 Å². The summed E-state index contributed by atoms with van der Waals surface area (Å²) in [6.07, 6.45) is -0.927. The molecule has 0 amide bonds. The van der Waals surface area contributed by atoms with Gasteiger partial charge in [0.05, 0.1) is 30.5 Å². The van der Waals surface area contributed by atoms with Crippen molar-refractivity contribution in [1.82, 2.24) is 10.6 Å². The quantitative estimate of drug-likeness (QED) is 0.0756. The van der Waals surface area contributed by atoms with Gasteiger partial charge in [0.15, 0.2) is 12.6 Å². The van der Waals surface area contributed by atoms with Crippen molar-refractivity contribution in [3.8, 4) is 0 Å². The highest BCUT2D eigenvalue weighted by Gasteiger charge is 2.55. The van der Waals surface area contributed by atoms with Crippen LogP contribution in [0.2, 0.25) is 0 Å². The number of aliphatic hydroxyl groups is 1. The standard InChI is InChI=1S/C32H49F3N2O8/c1-7-9-18-13-21-22(32(33,34)35)16-25-29(44-25)45-27(21)20(10-8-2)26(18)43-12-11-36-30(39)37-31(3,17-38)19-14-23(40-4)28(42-6)24(15-19)41-5/h13-14,16-17,20-21,23-30,36-37,39H,7-12,15H2,1-6H3/t20?,21?,23-,24?,25?,26?,27?,28?,29?,30?,31?/m0/s1. The largest absolute Gasteiger partial charge is 0.413 e. The van der Waals surface area contributed by atoms with E-state index in [9.17, 15) is 23.1 Å². The molecule has 10 unspecified atom stereocenters. The molecule has 45 heavy (non-hydrogen) atoms. The van der Waals surface area contributed by atoms with E-state index >= 15 is 0 Å². The van der Waals surface area contributed by atoms with Gasteiger partial charge in [-0.2, -0.15) is 13.2 Å². The third-order valence-electron chi connectivity index (χ3n) is 9.29. The number of rotatable bonds is 16. The van der Waals surface area contributed by atoms with Crippen LogP contribution in [0.3, 0.4) is 0 Å². The molecular formula is C32H49F3N2O8. The Morgan fingerprint density at radius 1 is 1.09 bits per heavy atom. The molecular weight excluding hydrogens is 597 g/mol. The second-order valence-electron chi connectivity index (χ2n) is 12.3. The number of alkyl halides is 3. The van der Waals surface area contributed by atoms with E-state index in [-0.39, 0.29) is 31.3 Å². The van der Waals surface area contributed by atoms with Crippen LogP contribution in [-0.2, 0) is 33.2 Å². The highest BCUT2D eigenvalue weighted by Crippen LogP contribution is 2.49. The molecule has 1 saturated heterocycles. The van der Waals surface area contributed by atoms with Gasteiger partial charge in [-0.05, 0) is 43.4 Å². The van der Waals surface area contributed by atoms with Crippen molar-refractivity contribution in [1.29, 1.82) is 0 Å². The molecule has 4 rings (SSSR count). The zero-order chi connectivity index (χ0) is 32.9. The molecule has 2 aliphatic heterocycles. The summed E-state index contributed by atoms with van der Waals surface area (Å²) < 4.78 is 77.1. The van der Waals surface area contributed by atoms with Crippen molar-refractivity contribution < 1.29 is 51.5 Å². The molecule has 2 heterocycles. The molecule has 3 N–H and O–H groups in total. The number of fused-ring (bicyclic) bond motifs is 2. The lowest BCUT2D eigenvalue weighted by atomic mass is 9.72. The summed E-state index contributed by atoms with van der Waals surface area (Å²) in [6, 6.07) is 0. The van der Waals surface area contributed by atoms with Gasteiger partial charge in [-0.25, -0.2) is 0 Å². The molecule has 0 bridgehead atoms. The molecule has 0 saturated carbocycles. The number of nitrogens with one attached hydrogen (secondary N) is 2. The van der Waals surface area contributed by atoms with Gasteiger partial charge in [0.1, 0.15) is 24.6 Å². The molecule has 2 aliphatic carbocycles. The molecule has 13 heteroatoms. The number of ether oxygens (including phenoxy) is 6. The van der Waals surface area contributed by atoms with Crippen LogP contribution < -0.4 is 10.6 Å². The molecule has 10 nitrogen and oxygen atoms in total. The maximum Gasteiger partial charge on any atom is 0.413 e. The Kier molecular flexibility index (Phi) is 12.4. The van der Waals surface area contributed by atoms with Gasteiger partial charge in [0.2, 0.25) is 0 Å². The predicted octanol–water partition coefficient (Wildman–Crippen LogP) is 3.54. The first-order valence-corrected chi connectivity index (χ1v) is 15.8. The van der Waals surface area contributed by atoms with Crippen LogP contribution in [-0.4, -0.2) is 107 Å². The van der Waals surface area contributed by atoms with Crippen LogP contribution in [0, 0.1) is 11.8 Å². The number of methoxy groups -OCH3 is 3. The van der Waals surface area contributed by atoms with Gasteiger partial charge in [-0.15, -0.1) is 0 Å². The smallest absolute Gasteiger partial charge is 0.378 e. The minimum atomic E-state index is -4.50. The maximum atomic E-state index is 14.2. The Morgan fingerprint density at radius 2 is 1.84 bits per heavy atom. The summed E-state index contributed by atoms with van der Waals surface area (Å²) in [5.41, 5.74) is -0.324. The van der Waals surface area contributed by atoms with Crippen LogP contribution >= 0.6 is 0 Å². The maximum absolute atomic E-state index is 14.2. The summed E-state index contributed by atoms with van der Waals surface area (Å²) in [5, 5.41) is 16.7. The summed E-state index contributed by atoms with van der Waals surface area (Å²) in [7, 11) is 4.69. The van der Waals surface area contributed by atoms with E-state index in [1.807, 2.05) is 19.9 Å². The van der Waals surface area contributed by atoms with Gasteiger partial charge in [-0.1, -0.05) is 38.8 Å². The van der Waals surface area contributed by atoms with Crippen molar-refractivity contribution >= 4 is 6.29 Å². The number of hydrogen-bond acceptors (Lipinski definition) is 10. The second kappa shape index (κ2) is 15.5. The highest BCUT2D eigenvalue weighted by molar-refractivity contribution is 5.70. The minimum Gasteiger partial charge on any atom is -0.378 e. The fraction of sp³-hybridized carbons (Fsp3) is 0.781. The molecule has 0 aromatic heterocycles. The number of carbonyl (C=O) groups is 1. The first kappa shape index (κ1) is 36.2. The van der Waals surface area contributed by atoms with Gasteiger partial charge in [0.25, 0.3) is 0 Å². The molecule has 256 valence electrons. The fourth-order valence-electron chi connectivity index (χ4n) is 6.96. The second-order valence-corrected chi connectivity index (χ2v) is 12.3. The van der Waals surface area contributed by atoms with Gasteiger partial charge >= 0.3 is 6.18 Å². The Morgan fingerprint density at radius 3 is 2.44 bits per heavy atom. The molecule has 0 spiro atoms. The van der Waals surface area contributed by atoms with E-state index in [2.05, 4.69) is 10.6 Å². The third-order valence-corrected chi connectivity index (χ3v) is 9.29. The van der Waals surface area contributed by atoms with E-state index in [4.69, 9.17) is 28.4 Å². The lowest BCUT2D eigenvalue weighted by Crippen LogP contribution is -2.58. The van der Waals surface area contributed by atoms with Crippen LogP contribution in [0.15, 0.2) is 34.9 Å².